The molecule has 1 aromatic carbocycles. The van der Waals surface area contributed by atoms with Crippen LogP contribution in [0.4, 0.5) is 0 Å². The van der Waals surface area contributed by atoms with E-state index in [2.05, 4.69) is 4.90 Å². The van der Waals surface area contributed by atoms with Crippen molar-refractivity contribution >= 4 is 11.6 Å². The number of nitrogens with zero attached hydrogens (tertiary/aromatic N) is 1. The Kier molecular flexibility index (Phi) is 4.93. The summed E-state index contributed by atoms with van der Waals surface area (Å²) in [7, 11) is 0. The summed E-state index contributed by atoms with van der Waals surface area (Å²) in [5.41, 5.74) is 1.07. The highest BCUT2D eigenvalue weighted by Crippen LogP contribution is 2.40. The maximum Gasteiger partial charge on any atom is 0.138 e. The van der Waals surface area contributed by atoms with Crippen LogP contribution >= 0.6 is 11.6 Å². The molecular formula is C17H24ClNO3. The van der Waals surface area contributed by atoms with E-state index in [9.17, 15) is 5.11 Å². The standard InChI is InChI=1S/C17H24ClNO3/c1-13-2-3-15(18)16(8-13)22-7-5-19-9-14-4-6-21-12-17(14,10-19)11-20/h2-3,8,14,20H,4-7,9-12H2,1H3/t14-,17+/m0/s1. The average molecular weight is 326 g/mol. The maximum absolute atomic E-state index is 9.78. The van der Waals surface area contributed by atoms with Gasteiger partial charge in [0.2, 0.25) is 0 Å². The summed E-state index contributed by atoms with van der Waals surface area (Å²) in [5, 5.41) is 10.4. The largest absolute Gasteiger partial charge is 0.491 e. The number of rotatable bonds is 5. The normalized spacial score (nSPS) is 28.6. The second-order valence-electron chi connectivity index (χ2n) is 6.58. The van der Waals surface area contributed by atoms with Gasteiger partial charge in [0.05, 0.1) is 18.2 Å². The number of hydrogen-bond acceptors (Lipinski definition) is 4. The first-order valence-electron chi connectivity index (χ1n) is 7.93. The number of likely N-dealkylation sites (tertiary alicyclic amines) is 1. The highest BCUT2D eigenvalue weighted by molar-refractivity contribution is 6.32. The van der Waals surface area contributed by atoms with Crippen molar-refractivity contribution in [3.8, 4) is 5.75 Å². The van der Waals surface area contributed by atoms with Crippen LogP contribution in [0, 0.1) is 18.3 Å². The molecule has 0 unspecified atom stereocenters. The summed E-state index contributed by atoms with van der Waals surface area (Å²) in [6.07, 6.45) is 1.04. The Morgan fingerprint density at radius 2 is 2.36 bits per heavy atom. The van der Waals surface area contributed by atoms with Gasteiger partial charge in [-0.25, -0.2) is 0 Å². The van der Waals surface area contributed by atoms with Crippen LogP contribution in [0.3, 0.4) is 0 Å². The number of halogens is 1. The smallest absolute Gasteiger partial charge is 0.138 e. The summed E-state index contributed by atoms with van der Waals surface area (Å²) in [6.45, 7) is 7.09. The molecule has 0 aromatic heterocycles. The zero-order valence-electron chi connectivity index (χ0n) is 13.1. The Labute approximate surface area is 137 Å². The third kappa shape index (κ3) is 3.25. The third-order valence-electron chi connectivity index (χ3n) is 4.95. The minimum Gasteiger partial charge on any atom is -0.491 e. The molecule has 122 valence electrons. The molecule has 4 nitrogen and oxygen atoms in total. The van der Waals surface area contributed by atoms with Gasteiger partial charge in [0, 0.05) is 31.7 Å². The van der Waals surface area contributed by atoms with Crippen LogP contribution in [0.5, 0.6) is 5.75 Å². The van der Waals surface area contributed by atoms with Gasteiger partial charge in [0.15, 0.2) is 0 Å². The summed E-state index contributed by atoms with van der Waals surface area (Å²) >= 11 is 6.15. The minimum atomic E-state index is -0.0702. The van der Waals surface area contributed by atoms with Gasteiger partial charge < -0.3 is 14.6 Å². The minimum absolute atomic E-state index is 0.0702. The van der Waals surface area contributed by atoms with E-state index < -0.39 is 0 Å². The van der Waals surface area contributed by atoms with E-state index in [0.29, 0.717) is 24.2 Å². The average Bonchev–Trinajstić information content (AvgIpc) is 2.89. The Bertz CT molecular complexity index is 525. The lowest BCUT2D eigenvalue weighted by molar-refractivity contribution is -0.0561. The van der Waals surface area contributed by atoms with Gasteiger partial charge >= 0.3 is 0 Å². The molecule has 2 saturated heterocycles. The summed E-state index contributed by atoms with van der Waals surface area (Å²) in [5.74, 6) is 1.28. The van der Waals surface area contributed by atoms with Crippen LogP contribution in [0.25, 0.3) is 0 Å². The number of hydrogen-bond donors (Lipinski definition) is 1. The molecule has 2 aliphatic rings. The topological polar surface area (TPSA) is 41.9 Å². The Hall–Kier alpha value is -0.810. The number of ether oxygens (including phenoxy) is 2. The zero-order chi connectivity index (χ0) is 15.6. The van der Waals surface area contributed by atoms with E-state index in [0.717, 1.165) is 44.0 Å². The molecule has 0 saturated carbocycles. The highest BCUT2D eigenvalue weighted by Gasteiger charge is 2.47. The second-order valence-corrected chi connectivity index (χ2v) is 6.98. The van der Waals surface area contributed by atoms with Gasteiger partial charge in [-0.3, -0.25) is 4.90 Å². The van der Waals surface area contributed by atoms with Crippen LogP contribution < -0.4 is 4.74 Å². The fraction of sp³-hybridized carbons (Fsp3) is 0.647. The second kappa shape index (κ2) is 6.75. The molecule has 1 aromatic rings. The maximum atomic E-state index is 9.78. The van der Waals surface area contributed by atoms with Crippen molar-refractivity contribution < 1.29 is 14.6 Å². The molecule has 2 aliphatic heterocycles. The van der Waals surface area contributed by atoms with Crippen molar-refractivity contribution in [2.75, 3.05) is 46.1 Å². The first kappa shape index (κ1) is 16.1. The van der Waals surface area contributed by atoms with Crippen LogP contribution in [-0.4, -0.2) is 56.1 Å². The van der Waals surface area contributed by atoms with Crippen molar-refractivity contribution in [3.05, 3.63) is 28.8 Å². The number of benzene rings is 1. The predicted molar refractivity (Wildman–Crippen MR) is 86.6 cm³/mol. The van der Waals surface area contributed by atoms with Crippen molar-refractivity contribution in [1.82, 2.24) is 4.90 Å². The number of aliphatic hydroxyl groups is 1. The quantitative estimate of drug-likeness (QED) is 0.902. The molecule has 3 rings (SSSR count). The Balaban J connectivity index is 1.53. The van der Waals surface area contributed by atoms with Gasteiger partial charge in [0.25, 0.3) is 0 Å². The number of aryl methyl sites for hydroxylation is 1. The van der Waals surface area contributed by atoms with Crippen LogP contribution in [0.2, 0.25) is 5.02 Å². The third-order valence-corrected chi connectivity index (χ3v) is 5.26. The molecule has 2 fully saturated rings. The van der Waals surface area contributed by atoms with Crippen molar-refractivity contribution in [2.24, 2.45) is 11.3 Å². The summed E-state index contributed by atoms with van der Waals surface area (Å²) in [6, 6.07) is 5.81. The van der Waals surface area contributed by atoms with E-state index >= 15 is 0 Å². The number of aliphatic hydroxyl groups excluding tert-OH is 1. The summed E-state index contributed by atoms with van der Waals surface area (Å²) < 4.78 is 11.4. The van der Waals surface area contributed by atoms with Crippen LogP contribution in [0.1, 0.15) is 12.0 Å². The first-order chi connectivity index (χ1) is 10.6. The lowest BCUT2D eigenvalue weighted by Crippen LogP contribution is -2.43. The van der Waals surface area contributed by atoms with Crippen LogP contribution in [0.15, 0.2) is 18.2 Å². The van der Waals surface area contributed by atoms with E-state index in [1.54, 1.807) is 0 Å². The SMILES string of the molecule is Cc1ccc(Cl)c(OCCN2C[C@@H]3CCOC[C@]3(CO)C2)c1. The van der Waals surface area contributed by atoms with E-state index in [1.165, 1.54) is 0 Å². The van der Waals surface area contributed by atoms with Gasteiger partial charge in [-0.2, -0.15) is 0 Å². The lowest BCUT2D eigenvalue weighted by Gasteiger charge is -2.36. The fourth-order valence-electron chi connectivity index (χ4n) is 3.61. The molecule has 0 spiro atoms. The first-order valence-corrected chi connectivity index (χ1v) is 8.31. The van der Waals surface area contributed by atoms with E-state index in [-0.39, 0.29) is 12.0 Å². The molecule has 0 bridgehead atoms. The lowest BCUT2D eigenvalue weighted by atomic mass is 9.76. The van der Waals surface area contributed by atoms with Gasteiger partial charge in [-0.15, -0.1) is 0 Å². The summed E-state index contributed by atoms with van der Waals surface area (Å²) in [4.78, 5) is 2.37. The molecule has 22 heavy (non-hydrogen) atoms. The molecule has 5 heteroatoms. The van der Waals surface area contributed by atoms with Gasteiger partial charge in [0.1, 0.15) is 12.4 Å². The van der Waals surface area contributed by atoms with Crippen molar-refractivity contribution in [1.29, 1.82) is 0 Å². The predicted octanol–water partition coefficient (Wildman–Crippen LogP) is 2.36. The Morgan fingerprint density at radius 1 is 1.50 bits per heavy atom. The van der Waals surface area contributed by atoms with Crippen molar-refractivity contribution in [3.63, 3.8) is 0 Å². The zero-order valence-corrected chi connectivity index (χ0v) is 13.8. The Morgan fingerprint density at radius 3 is 3.14 bits per heavy atom. The molecular weight excluding hydrogens is 302 g/mol. The fourth-order valence-corrected chi connectivity index (χ4v) is 3.78. The van der Waals surface area contributed by atoms with E-state index in [1.807, 2.05) is 25.1 Å². The van der Waals surface area contributed by atoms with E-state index in [4.69, 9.17) is 21.1 Å². The highest BCUT2D eigenvalue weighted by atomic mass is 35.5. The van der Waals surface area contributed by atoms with Crippen molar-refractivity contribution in [2.45, 2.75) is 13.3 Å². The van der Waals surface area contributed by atoms with Gasteiger partial charge in [-0.1, -0.05) is 17.7 Å². The molecule has 0 amide bonds. The molecule has 0 aliphatic carbocycles. The molecule has 1 N–H and O–H groups in total. The molecule has 2 atom stereocenters. The number of fused-ring (bicyclic) bond motifs is 1. The monoisotopic (exact) mass is 325 g/mol. The van der Waals surface area contributed by atoms with Gasteiger partial charge in [-0.05, 0) is 37.0 Å². The van der Waals surface area contributed by atoms with Crippen LogP contribution in [-0.2, 0) is 4.74 Å². The molecule has 0 radical (unpaired) electrons. The molecule has 2 heterocycles.